The highest BCUT2D eigenvalue weighted by molar-refractivity contribution is 14.0. The molecule has 0 bridgehead atoms. The molecular weight excluding hydrogens is 405 g/mol. The van der Waals surface area contributed by atoms with Crippen molar-refractivity contribution in [3.8, 4) is 0 Å². The summed E-state index contributed by atoms with van der Waals surface area (Å²) in [5, 5.41) is 16.4. The van der Waals surface area contributed by atoms with E-state index in [-0.39, 0.29) is 24.0 Å². The van der Waals surface area contributed by atoms with Gasteiger partial charge in [0.15, 0.2) is 5.96 Å². The summed E-state index contributed by atoms with van der Waals surface area (Å²) in [4.78, 5) is 4.71. The number of guanidine groups is 1. The molecule has 23 heavy (non-hydrogen) atoms. The molecule has 0 heterocycles. The number of aliphatic hydroxyl groups is 1. The monoisotopic (exact) mass is 439 g/mol. The van der Waals surface area contributed by atoms with Crippen molar-refractivity contribution in [2.24, 2.45) is 16.3 Å². The van der Waals surface area contributed by atoms with E-state index in [1.807, 2.05) is 0 Å². The van der Waals surface area contributed by atoms with E-state index in [1.54, 1.807) is 0 Å². The Morgan fingerprint density at radius 2 is 2.04 bits per heavy atom. The Labute approximate surface area is 158 Å². The van der Waals surface area contributed by atoms with Crippen LogP contribution in [-0.4, -0.2) is 50.0 Å². The Bertz CT molecular complexity index is 352. The molecule has 1 unspecified atom stereocenters. The Kier molecular flexibility index (Phi) is 9.77. The van der Waals surface area contributed by atoms with Crippen molar-refractivity contribution < 1.29 is 9.84 Å². The van der Waals surface area contributed by atoms with Gasteiger partial charge in [-0.05, 0) is 50.4 Å². The molecule has 0 saturated heterocycles. The fourth-order valence-electron chi connectivity index (χ4n) is 2.82. The van der Waals surface area contributed by atoms with Gasteiger partial charge in [-0.1, -0.05) is 13.3 Å². The van der Waals surface area contributed by atoms with Crippen LogP contribution in [0.4, 0.5) is 0 Å². The third kappa shape index (κ3) is 7.56. The number of hydrogen-bond acceptors (Lipinski definition) is 3. The Balaban J connectivity index is 0.00000264. The normalized spacial score (nSPS) is 21.1. The quantitative estimate of drug-likeness (QED) is 0.278. The summed E-state index contributed by atoms with van der Waals surface area (Å²) in [7, 11) is 0. The molecule has 2 aliphatic carbocycles. The highest BCUT2D eigenvalue weighted by Gasteiger charge is 2.34. The molecule has 0 spiro atoms. The molecule has 136 valence electrons. The smallest absolute Gasteiger partial charge is 0.191 e. The van der Waals surface area contributed by atoms with Crippen molar-refractivity contribution in [2.75, 3.05) is 32.8 Å². The van der Waals surface area contributed by atoms with Crippen LogP contribution in [0.5, 0.6) is 0 Å². The van der Waals surface area contributed by atoms with E-state index in [4.69, 9.17) is 9.73 Å². The van der Waals surface area contributed by atoms with Crippen LogP contribution in [-0.2, 0) is 4.74 Å². The molecule has 0 aromatic rings. The maximum atomic E-state index is 9.96. The molecule has 0 radical (unpaired) electrons. The molecule has 0 aliphatic heterocycles. The number of nitrogens with one attached hydrogen (secondary N) is 2. The molecule has 2 fully saturated rings. The van der Waals surface area contributed by atoms with Crippen molar-refractivity contribution in [3.63, 3.8) is 0 Å². The van der Waals surface area contributed by atoms with Crippen molar-refractivity contribution in [3.05, 3.63) is 0 Å². The molecule has 6 heteroatoms. The van der Waals surface area contributed by atoms with Gasteiger partial charge in [0.25, 0.3) is 0 Å². The Morgan fingerprint density at radius 1 is 1.30 bits per heavy atom. The topological polar surface area (TPSA) is 65.9 Å². The van der Waals surface area contributed by atoms with Crippen molar-refractivity contribution in [1.82, 2.24) is 10.6 Å². The highest BCUT2D eigenvalue weighted by Crippen LogP contribution is 2.43. The van der Waals surface area contributed by atoms with Crippen molar-refractivity contribution in [2.45, 2.75) is 58.5 Å². The van der Waals surface area contributed by atoms with E-state index in [2.05, 4.69) is 24.5 Å². The van der Waals surface area contributed by atoms with E-state index in [1.165, 1.54) is 38.5 Å². The molecule has 5 nitrogen and oxygen atoms in total. The molecule has 0 aromatic heterocycles. The average molecular weight is 439 g/mol. The van der Waals surface area contributed by atoms with Crippen LogP contribution >= 0.6 is 24.0 Å². The van der Waals surface area contributed by atoms with E-state index in [0.717, 1.165) is 31.6 Å². The standard InChI is InChI=1S/C17H33N3O2.HI/c1-3-17(8-5-9-17)13-20-16(18-4-2)19-10-15(21)12-22-11-14-6-7-14;/h14-15,21H,3-13H2,1-2H3,(H2,18,19,20);1H. The van der Waals surface area contributed by atoms with Gasteiger partial charge in [-0.25, -0.2) is 0 Å². The fourth-order valence-corrected chi connectivity index (χ4v) is 2.82. The minimum atomic E-state index is -0.480. The second kappa shape index (κ2) is 10.7. The van der Waals surface area contributed by atoms with Crippen LogP contribution in [0.3, 0.4) is 0 Å². The summed E-state index contributed by atoms with van der Waals surface area (Å²) in [6.45, 7) is 7.72. The number of ether oxygens (including phenoxy) is 1. The minimum Gasteiger partial charge on any atom is -0.389 e. The molecule has 2 saturated carbocycles. The van der Waals surface area contributed by atoms with Gasteiger partial charge in [-0.15, -0.1) is 24.0 Å². The van der Waals surface area contributed by atoms with Gasteiger partial charge in [-0.3, -0.25) is 4.99 Å². The third-order valence-electron chi connectivity index (χ3n) is 4.95. The predicted octanol–water partition coefficient (Wildman–Crippen LogP) is 2.53. The fraction of sp³-hybridized carbons (Fsp3) is 0.941. The van der Waals surface area contributed by atoms with Crippen LogP contribution in [0.1, 0.15) is 52.4 Å². The Hall–Kier alpha value is -0.0800. The maximum absolute atomic E-state index is 9.96. The zero-order valence-corrected chi connectivity index (χ0v) is 17.0. The summed E-state index contributed by atoms with van der Waals surface area (Å²) < 4.78 is 5.52. The number of halogens is 1. The summed E-state index contributed by atoms with van der Waals surface area (Å²) >= 11 is 0. The first-order valence-electron chi connectivity index (χ1n) is 8.95. The van der Waals surface area contributed by atoms with Crippen LogP contribution in [0.15, 0.2) is 4.99 Å². The van der Waals surface area contributed by atoms with Crippen LogP contribution in [0, 0.1) is 11.3 Å². The summed E-state index contributed by atoms with van der Waals surface area (Å²) in [6, 6.07) is 0. The van der Waals surface area contributed by atoms with Gasteiger partial charge < -0.3 is 20.5 Å². The van der Waals surface area contributed by atoms with Crippen LogP contribution in [0.2, 0.25) is 0 Å². The number of aliphatic imine (C=N–C) groups is 1. The van der Waals surface area contributed by atoms with Gasteiger partial charge >= 0.3 is 0 Å². The summed E-state index contributed by atoms with van der Waals surface area (Å²) in [5.74, 6) is 1.55. The molecule has 2 aliphatic rings. The van der Waals surface area contributed by atoms with Gasteiger partial charge in [0.1, 0.15) is 0 Å². The molecule has 1 atom stereocenters. The van der Waals surface area contributed by atoms with Crippen molar-refractivity contribution in [1.29, 1.82) is 0 Å². The second-order valence-corrected chi connectivity index (χ2v) is 6.92. The largest absolute Gasteiger partial charge is 0.389 e. The molecule has 0 aromatic carbocycles. The molecule has 0 amide bonds. The van der Waals surface area contributed by atoms with Gasteiger partial charge in [0.05, 0.1) is 12.7 Å². The SMILES string of the molecule is CCNC(=NCC1(CC)CCC1)NCC(O)COCC1CC1.I. The number of hydrogen-bond donors (Lipinski definition) is 3. The third-order valence-corrected chi connectivity index (χ3v) is 4.95. The summed E-state index contributed by atoms with van der Waals surface area (Å²) in [5.41, 5.74) is 0.425. The lowest BCUT2D eigenvalue weighted by atomic mass is 9.67. The van der Waals surface area contributed by atoms with Gasteiger partial charge in [0, 0.05) is 26.2 Å². The number of rotatable bonds is 10. The lowest BCUT2D eigenvalue weighted by Crippen LogP contribution is -2.43. The first kappa shape index (κ1) is 21.0. The lowest BCUT2D eigenvalue weighted by molar-refractivity contribution is 0.0345. The van der Waals surface area contributed by atoms with E-state index in [9.17, 15) is 5.11 Å². The van der Waals surface area contributed by atoms with Gasteiger partial charge in [0.2, 0.25) is 0 Å². The Morgan fingerprint density at radius 3 is 2.57 bits per heavy atom. The maximum Gasteiger partial charge on any atom is 0.191 e. The second-order valence-electron chi connectivity index (χ2n) is 6.92. The molecule has 3 N–H and O–H groups in total. The van der Waals surface area contributed by atoms with Crippen LogP contribution in [0.25, 0.3) is 0 Å². The predicted molar refractivity (Wildman–Crippen MR) is 106 cm³/mol. The average Bonchev–Trinajstić information content (AvgIpc) is 3.28. The first-order valence-corrected chi connectivity index (χ1v) is 8.95. The number of nitrogens with zero attached hydrogens (tertiary/aromatic N) is 1. The zero-order valence-electron chi connectivity index (χ0n) is 14.6. The summed E-state index contributed by atoms with van der Waals surface area (Å²) in [6.07, 6.45) is 7.22. The van der Waals surface area contributed by atoms with Crippen LogP contribution < -0.4 is 10.6 Å². The lowest BCUT2D eigenvalue weighted by Gasteiger charge is -2.40. The first-order chi connectivity index (χ1) is 10.7. The van der Waals surface area contributed by atoms with E-state index >= 15 is 0 Å². The molecular formula is C17H34IN3O2. The van der Waals surface area contributed by atoms with Crippen molar-refractivity contribution >= 4 is 29.9 Å². The zero-order chi connectivity index (χ0) is 15.8. The number of aliphatic hydroxyl groups excluding tert-OH is 1. The van der Waals surface area contributed by atoms with E-state index < -0.39 is 6.10 Å². The van der Waals surface area contributed by atoms with E-state index in [0.29, 0.717) is 18.6 Å². The molecule has 2 rings (SSSR count). The van der Waals surface area contributed by atoms with Gasteiger partial charge in [-0.2, -0.15) is 0 Å². The highest BCUT2D eigenvalue weighted by atomic mass is 127. The minimum absolute atomic E-state index is 0.